The minimum Gasteiger partial charge on any atom is -0.325 e. The molecule has 0 aliphatic carbocycles. The monoisotopic (exact) mass is 381 g/mol. The second kappa shape index (κ2) is 7.70. The summed E-state index contributed by atoms with van der Waals surface area (Å²) in [5.41, 5.74) is 0.189. The Labute approximate surface area is 150 Å². The molecule has 1 unspecified atom stereocenters. The maximum atomic E-state index is 13.2. The summed E-state index contributed by atoms with van der Waals surface area (Å²) >= 11 is 2.77. The Morgan fingerprint density at radius 3 is 2.92 bits per heavy atom. The van der Waals surface area contributed by atoms with E-state index in [1.807, 2.05) is 17.5 Å². The summed E-state index contributed by atoms with van der Waals surface area (Å²) in [6.07, 6.45) is 0. The van der Waals surface area contributed by atoms with Gasteiger partial charge in [0.2, 0.25) is 11.1 Å². The summed E-state index contributed by atoms with van der Waals surface area (Å²) in [6, 6.07) is 7.11. The van der Waals surface area contributed by atoms with Crippen LogP contribution in [0.3, 0.4) is 0 Å². The number of anilines is 1. The van der Waals surface area contributed by atoms with Gasteiger partial charge < -0.3 is 5.32 Å². The largest absolute Gasteiger partial charge is 0.325 e. The van der Waals surface area contributed by atoms with E-state index in [9.17, 15) is 13.6 Å². The molecule has 0 bridgehead atoms. The number of carbonyl (C=O) groups is 1. The summed E-state index contributed by atoms with van der Waals surface area (Å²) in [7, 11) is 0. The first-order valence-corrected chi connectivity index (χ1v) is 9.00. The van der Waals surface area contributed by atoms with Crippen LogP contribution in [-0.2, 0) is 11.3 Å². The quantitative estimate of drug-likeness (QED) is 0.664. The van der Waals surface area contributed by atoms with Crippen LogP contribution in [0.1, 0.15) is 11.8 Å². The molecule has 3 aromatic rings. The molecule has 6 nitrogen and oxygen atoms in total. The Kier molecular flexibility index (Phi) is 5.39. The molecule has 0 fully saturated rings. The fourth-order valence-electron chi connectivity index (χ4n) is 1.96. The molecule has 1 atom stereocenters. The van der Waals surface area contributed by atoms with Gasteiger partial charge >= 0.3 is 0 Å². The zero-order valence-corrected chi connectivity index (χ0v) is 14.7. The van der Waals surface area contributed by atoms with E-state index < -0.39 is 16.9 Å². The number of tetrazole rings is 1. The molecule has 1 aromatic carbocycles. The highest BCUT2D eigenvalue weighted by Crippen LogP contribution is 2.23. The van der Waals surface area contributed by atoms with Crippen molar-refractivity contribution in [2.75, 3.05) is 5.32 Å². The van der Waals surface area contributed by atoms with Crippen molar-refractivity contribution >= 4 is 34.7 Å². The van der Waals surface area contributed by atoms with Gasteiger partial charge in [-0.1, -0.05) is 17.8 Å². The molecule has 1 N–H and O–H groups in total. The van der Waals surface area contributed by atoms with Crippen LogP contribution >= 0.6 is 23.1 Å². The molecule has 0 aliphatic rings. The number of amides is 1. The van der Waals surface area contributed by atoms with Crippen molar-refractivity contribution in [2.45, 2.75) is 23.9 Å². The number of thioether (sulfide) groups is 1. The Hall–Kier alpha value is -2.33. The van der Waals surface area contributed by atoms with Gasteiger partial charge in [-0.25, -0.2) is 13.5 Å². The molecule has 0 saturated heterocycles. The van der Waals surface area contributed by atoms with Gasteiger partial charge in [0.1, 0.15) is 0 Å². The van der Waals surface area contributed by atoms with Crippen LogP contribution in [0.25, 0.3) is 0 Å². The molecular weight excluding hydrogens is 368 g/mol. The Morgan fingerprint density at radius 1 is 1.36 bits per heavy atom. The highest BCUT2D eigenvalue weighted by Gasteiger charge is 2.19. The maximum Gasteiger partial charge on any atom is 0.237 e. The molecule has 1 amide bonds. The summed E-state index contributed by atoms with van der Waals surface area (Å²) in [6.45, 7) is 2.20. The molecule has 0 spiro atoms. The number of hydrogen-bond acceptors (Lipinski definition) is 6. The lowest BCUT2D eigenvalue weighted by Crippen LogP contribution is -2.23. The molecule has 130 valence electrons. The topological polar surface area (TPSA) is 72.7 Å². The van der Waals surface area contributed by atoms with Crippen LogP contribution in [0, 0.1) is 11.6 Å². The van der Waals surface area contributed by atoms with Crippen molar-refractivity contribution in [3.05, 3.63) is 52.2 Å². The molecule has 2 heterocycles. The number of thiophene rings is 1. The molecule has 3 rings (SSSR count). The molecule has 0 saturated carbocycles. The third-order valence-electron chi connectivity index (χ3n) is 3.22. The molecule has 2 aromatic heterocycles. The summed E-state index contributed by atoms with van der Waals surface area (Å²) < 4.78 is 27.7. The van der Waals surface area contributed by atoms with Gasteiger partial charge in [-0.3, -0.25) is 4.79 Å². The van der Waals surface area contributed by atoms with Crippen LogP contribution in [0.15, 0.2) is 40.9 Å². The van der Waals surface area contributed by atoms with Gasteiger partial charge in [0.05, 0.1) is 11.8 Å². The Bertz CT molecular complexity index is 869. The normalized spacial score (nSPS) is 12.1. The van der Waals surface area contributed by atoms with Crippen molar-refractivity contribution < 1.29 is 13.6 Å². The number of halogens is 2. The number of hydrogen-bond donors (Lipinski definition) is 1. The van der Waals surface area contributed by atoms with Crippen molar-refractivity contribution in [2.24, 2.45) is 0 Å². The molecule has 0 radical (unpaired) electrons. The van der Waals surface area contributed by atoms with E-state index in [-0.39, 0.29) is 11.6 Å². The van der Waals surface area contributed by atoms with Gasteiger partial charge in [-0.15, -0.1) is 16.4 Å². The van der Waals surface area contributed by atoms with Crippen molar-refractivity contribution in [3.63, 3.8) is 0 Å². The van der Waals surface area contributed by atoms with Crippen LogP contribution in [0.4, 0.5) is 14.5 Å². The van der Waals surface area contributed by atoms with Crippen LogP contribution in [0.5, 0.6) is 0 Å². The van der Waals surface area contributed by atoms with Gasteiger partial charge in [-0.05, 0) is 40.9 Å². The molecule has 25 heavy (non-hydrogen) atoms. The van der Waals surface area contributed by atoms with Gasteiger partial charge in [0.15, 0.2) is 11.6 Å². The van der Waals surface area contributed by atoms with E-state index in [1.54, 1.807) is 22.9 Å². The molecule has 0 aliphatic heterocycles. The van der Waals surface area contributed by atoms with Gasteiger partial charge in [-0.2, -0.15) is 0 Å². The lowest BCUT2D eigenvalue weighted by Gasteiger charge is -2.11. The van der Waals surface area contributed by atoms with Crippen molar-refractivity contribution in [1.82, 2.24) is 20.2 Å². The zero-order valence-electron chi connectivity index (χ0n) is 13.0. The van der Waals surface area contributed by atoms with E-state index >= 15 is 0 Å². The highest BCUT2D eigenvalue weighted by atomic mass is 32.2. The number of aromatic nitrogens is 4. The van der Waals surface area contributed by atoms with E-state index in [0.29, 0.717) is 11.7 Å². The number of rotatable bonds is 6. The number of benzene rings is 1. The second-order valence-corrected chi connectivity index (χ2v) is 7.42. The minimum atomic E-state index is -1.02. The lowest BCUT2D eigenvalue weighted by molar-refractivity contribution is -0.115. The Balaban J connectivity index is 1.63. The number of nitrogens with zero attached hydrogens (tertiary/aromatic N) is 4. The van der Waals surface area contributed by atoms with E-state index in [0.717, 1.165) is 17.0 Å². The van der Waals surface area contributed by atoms with Crippen LogP contribution in [-0.4, -0.2) is 31.4 Å². The van der Waals surface area contributed by atoms with Crippen molar-refractivity contribution in [1.29, 1.82) is 0 Å². The molecular formula is C15H13F2N5OS2. The average Bonchev–Trinajstić information content (AvgIpc) is 3.24. The Morgan fingerprint density at radius 2 is 2.20 bits per heavy atom. The average molecular weight is 381 g/mol. The smallest absolute Gasteiger partial charge is 0.237 e. The second-order valence-electron chi connectivity index (χ2n) is 5.08. The lowest BCUT2D eigenvalue weighted by atomic mass is 10.3. The first kappa shape index (κ1) is 17.5. The summed E-state index contributed by atoms with van der Waals surface area (Å²) in [4.78, 5) is 13.3. The number of carbonyl (C=O) groups excluding carboxylic acids is 1. The minimum absolute atomic E-state index is 0.189. The van der Waals surface area contributed by atoms with Gasteiger partial charge in [0, 0.05) is 16.6 Å². The first-order chi connectivity index (χ1) is 12.0. The van der Waals surface area contributed by atoms with Crippen LogP contribution < -0.4 is 5.32 Å². The molecule has 10 heteroatoms. The first-order valence-electron chi connectivity index (χ1n) is 7.24. The third-order valence-corrected chi connectivity index (χ3v) is 5.16. The van der Waals surface area contributed by atoms with E-state index in [1.165, 1.54) is 17.8 Å². The summed E-state index contributed by atoms with van der Waals surface area (Å²) in [5.74, 6) is -2.34. The van der Waals surface area contributed by atoms with E-state index in [2.05, 4.69) is 20.8 Å². The van der Waals surface area contributed by atoms with Crippen molar-refractivity contribution in [3.8, 4) is 0 Å². The highest BCUT2D eigenvalue weighted by molar-refractivity contribution is 8.00. The fourth-order valence-corrected chi connectivity index (χ4v) is 3.43. The van der Waals surface area contributed by atoms with Gasteiger partial charge in [0.25, 0.3) is 0 Å². The van der Waals surface area contributed by atoms with Crippen LogP contribution in [0.2, 0.25) is 0 Å². The van der Waals surface area contributed by atoms with E-state index in [4.69, 9.17) is 0 Å². The standard InChI is InChI=1S/C15H13F2N5OS2/c1-9(14(23)18-10-4-5-12(16)13(17)7-10)25-15-19-20-21-22(15)8-11-3-2-6-24-11/h2-7,9H,8H2,1H3,(H,18,23). The summed E-state index contributed by atoms with van der Waals surface area (Å²) in [5, 5.41) is 16.0. The zero-order chi connectivity index (χ0) is 17.8. The third kappa shape index (κ3) is 4.40. The number of nitrogens with one attached hydrogen (secondary N) is 1. The predicted octanol–water partition coefficient (Wildman–Crippen LogP) is 3.18. The fraction of sp³-hybridized carbons (Fsp3) is 0.200. The predicted molar refractivity (Wildman–Crippen MR) is 91.5 cm³/mol. The SMILES string of the molecule is CC(Sc1nnnn1Cc1cccs1)C(=O)Nc1ccc(F)c(F)c1. The maximum absolute atomic E-state index is 13.2.